The van der Waals surface area contributed by atoms with E-state index in [0.717, 1.165) is 44.8 Å². The van der Waals surface area contributed by atoms with Gasteiger partial charge in [0.2, 0.25) is 0 Å². The van der Waals surface area contributed by atoms with Gasteiger partial charge in [-0.1, -0.05) is 32.1 Å². The summed E-state index contributed by atoms with van der Waals surface area (Å²) in [5.74, 6) is 1.67. The van der Waals surface area contributed by atoms with Gasteiger partial charge in [0.05, 0.1) is 0 Å². The Morgan fingerprint density at radius 3 is 2.38 bits per heavy atom. The van der Waals surface area contributed by atoms with E-state index in [1.807, 2.05) is 0 Å². The molecule has 0 amide bonds. The quantitative estimate of drug-likeness (QED) is 0.732. The Labute approximate surface area is 98.7 Å². The van der Waals surface area contributed by atoms with Crippen LogP contribution >= 0.6 is 0 Å². The molecule has 0 unspecified atom stereocenters. The van der Waals surface area contributed by atoms with Crippen LogP contribution in [0, 0.1) is 11.8 Å². The summed E-state index contributed by atoms with van der Waals surface area (Å²) in [6.07, 6.45) is 10.8. The lowest BCUT2D eigenvalue weighted by Crippen LogP contribution is -2.24. The Morgan fingerprint density at radius 2 is 1.69 bits per heavy atom. The summed E-state index contributed by atoms with van der Waals surface area (Å²) < 4.78 is 5.29. The Hall–Kier alpha value is -0.370. The third kappa shape index (κ3) is 3.58. The van der Waals surface area contributed by atoms with Gasteiger partial charge >= 0.3 is 0 Å². The molecule has 2 heteroatoms. The molecule has 1 heterocycles. The van der Waals surface area contributed by atoms with Crippen LogP contribution in [0.3, 0.4) is 0 Å². The smallest absolute Gasteiger partial charge is 0.136 e. The van der Waals surface area contributed by atoms with E-state index in [4.69, 9.17) is 4.74 Å². The SMILES string of the molecule is O=C(CCC1CCCCC1)C1CCOCC1. The molecule has 2 rings (SSSR count). The molecule has 0 aromatic carbocycles. The highest BCUT2D eigenvalue weighted by Crippen LogP contribution is 2.28. The first-order chi connectivity index (χ1) is 7.86. The van der Waals surface area contributed by atoms with Gasteiger partial charge in [-0.25, -0.2) is 0 Å². The lowest BCUT2D eigenvalue weighted by atomic mass is 9.83. The van der Waals surface area contributed by atoms with E-state index in [9.17, 15) is 4.79 Å². The van der Waals surface area contributed by atoms with Gasteiger partial charge in [-0.2, -0.15) is 0 Å². The standard InChI is InChI=1S/C14H24O2/c15-14(13-8-10-16-11-9-13)7-6-12-4-2-1-3-5-12/h12-13H,1-11H2. The van der Waals surface area contributed by atoms with E-state index in [0.29, 0.717) is 11.7 Å². The van der Waals surface area contributed by atoms with Crippen molar-refractivity contribution in [1.82, 2.24) is 0 Å². The van der Waals surface area contributed by atoms with Crippen LogP contribution in [0.25, 0.3) is 0 Å². The summed E-state index contributed by atoms with van der Waals surface area (Å²) in [6.45, 7) is 1.58. The van der Waals surface area contributed by atoms with E-state index in [1.165, 1.54) is 32.1 Å². The average molecular weight is 224 g/mol. The normalized spacial score (nSPS) is 24.5. The van der Waals surface area contributed by atoms with E-state index < -0.39 is 0 Å². The summed E-state index contributed by atoms with van der Waals surface area (Å²) in [4.78, 5) is 12.0. The van der Waals surface area contributed by atoms with Crippen LogP contribution in [0.2, 0.25) is 0 Å². The first-order valence-corrected chi connectivity index (χ1v) is 6.96. The molecule has 0 spiro atoms. The Kier molecular flexibility index (Phi) is 4.83. The highest BCUT2D eigenvalue weighted by atomic mass is 16.5. The van der Waals surface area contributed by atoms with Gasteiger partial charge in [-0.3, -0.25) is 4.79 Å². The van der Waals surface area contributed by atoms with Crippen molar-refractivity contribution in [2.75, 3.05) is 13.2 Å². The van der Waals surface area contributed by atoms with Crippen LogP contribution in [0.15, 0.2) is 0 Å². The number of Topliss-reactive ketones (excluding diaryl/α,β-unsaturated/α-hetero) is 1. The van der Waals surface area contributed by atoms with Crippen molar-refractivity contribution in [1.29, 1.82) is 0 Å². The molecule has 0 bridgehead atoms. The summed E-state index contributed by atoms with van der Waals surface area (Å²) in [5, 5.41) is 0. The molecule has 2 fully saturated rings. The maximum atomic E-state index is 12.0. The van der Waals surface area contributed by atoms with Crippen molar-refractivity contribution in [3.05, 3.63) is 0 Å². The molecule has 2 aliphatic rings. The third-order valence-corrected chi connectivity index (χ3v) is 4.20. The minimum Gasteiger partial charge on any atom is -0.381 e. The zero-order valence-corrected chi connectivity index (χ0v) is 10.2. The molecule has 0 N–H and O–H groups in total. The largest absolute Gasteiger partial charge is 0.381 e. The third-order valence-electron chi connectivity index (χ3n) is 4.20. The lowest BCUT2D eigenvalue weighted by molar-refractivity contribution is -0.126. The molecule has 92 valence electrons. The van der Waals surface area contributed by atoms with E-state index in [1.54, 1.807) is 0 Å². The van der Waals surface area contributed by atoms with E-state index >= 15 is 0 Å². The van der Waals surface area contributed by atoms with Crippen LogP contribution in [-0.4, -0.2) is 19.0 Å². The number of ketones is 1. The molecule has 0 aromatic rings. The number of rotatable bonds is 4. The van der Waals surface area contributed by atoms with Gasteiger partial charge in [0.1, 0.15) is 5.78 Å². The molecule has 0 atom stereocenters. The highest BCUT2D eigenvalue weighted by Gasteiger charge is 2.22. The second-order valence-corrected chi connectivity index (χ2v) is 5.40. The average Bonchev–Trinajstić information content (AvgIpc) is 2.38. The summed E-state index contributed by atoms with van der Waals surface area (Å²) in [5.41, 5.74) is 0. The number of carbonyl (C=O) groups is 1. The first kappa shape index (κ1) is 12.1. The Morgan fingerprint density at radius 1 is 1.00 bits per heavy atom. The molecule has 1 saturated carbocycles. The lowest BCUT2D eigenvalue weighted by Gasteiger charge is -2.24. The number of carbonyl (C=O) groups excluding carboxylic acids is 1. The minimum absolute atomic E-state index is 0.317. The van der Waals surface area contributed by atoms with Crippen molar-refractivity contribution in [2.45, 2.75) is 57.8 Å². The van der Waals surface area contributed by atoms with Gasteiger partial charge in [0, 0.05) is 25.6 Å². The first-order valence-electron chi connectivity index (χ1n) is 6.96. The maximum Gasteiger partial charge on any atom is 0.136 e. The summed E-state index contributed by atoms with van der Waals surface area (Å²) >= 11 is 0. The molecule has 16 heavy (non-hydrogen) atoms. The molecular weight excluding hydrogens is 200 g/mol. The van der Waals surface area contributed by atoms with Crippen molar-refractivity contribution in [2.24, 2.45) is 11.8 Å². The topological polar surface area (TPSA) is 26.3 Å². The monoisotopic (exact) mass is 224 g/mol. The zero-order valence-electron chi connectivity index (χ0n) is 10.2. The van der Waals surface area contributed by atoms with Crippen molar-refractivity contribution >= 4 is 5.78 Å². The van der Waals surface area contributed by atoms with Crippen LogP contribution in [0.5, 0.6) is 0 Å². The molecule has 1 aliphatic carbocycles. The van der Waals surface area contributed by atoms with Gasteiger partial charge in [0.25, 0.3) is 0 Å². The van der Waals surface area contributed by atoms with Crippen LogP contribution in [0.4, 0.5) is 0 Å². The van der Waals surface area contributed by atoms with E-state index in [-0.39, 0.29) is 0 Å². The predicted octanol–water partition coefficient (Wildman–Crippen LogP) is 3.34. The van der Waals surface area contributed by atoms with Crippen molar-refractivity contribution in [3.8, 4) is 0 Å². The molecular formula is C14H24O2. The second kappa shape index (κ2) is 6.39. The summed E-state index contributed by atoms with van der Waals surface area (Å²) in [7, 11) is 0. The molecule has 2 nitrogen and oxygen atoms in total. The fraction of sp³-hybridized carbons (Fsp3) is 0.929. The van der Waals surface area contributed by atoms with Crippen LogP contribution in [-0.2, 0) is 9.53 Å². The fourth-order valence-corrected chi connectivity index (χ4v) is 3.05. The minimum atomic E-state index is 0.317. The Bertz CT molecular complexity index is 213. The highest BCUT2D eigenvalue weighted by molar-refractivity contribution is 5.81. The number of ether oxygens (including phenoxy) is 1. The fourth-order valence-electron chi connectivity index (χ4n) is 3.05. The van der Waals surface area contributed by atoms with Gasteiger partial charge in [0.15, 0.2) is 0 Å². The predicted molar refractivity (Wildman–Crippen MR) is 64.4 cm³/mol. The van der Waals surface area contributed by atoms with Crippen LogP contribution < -0.4 is 0 Å². The van der Waals surface area contributed by atoms with E-state index in [2.05, 4.69) is 0 Å². The molecule has 1 aliphatic heterocycles. The molecule has 1 saturated heterocycles. The van der Waals surface area contributed by atoms with Gasteiger partial charge < -0.3 is 4.74 Å². The van der Waals surface area contributed by atoms with Crippen molar-refractivity contribution < 1.29 is 9.53 Å². The number of hydrogen-bond donors (Lipinski definition) is 0. The molecule has 0 aromatic heterocycles. The molecule has 0 radical (unpaired) electrons. The van der Waals surface area contributed by atoms with Gasteiger partial charge in [-0.15, -0.1) is 0 Å². The Balaban J connectivity index is 1.65. The maximum absolute atomic E-state index is 12.0. The van der Waals surface area contributed by atoms with Gasteiger partial charge in [-0.05, 0) is 25.2 Å². The summed E-state index contributed by atoms with van der Waals surface area (Å²) in [6, 6.07) is 0. The van der Waals surface area contributed by atoms with Crippen LogP contribution in [0.1, 0.15) is 57.8 Å². The second-order valence-electron chi connectivity index (χ2n) is 5.40. The number of hydrogen-bond acceptors (Lipinski definition) is 2. The van der Waals surface area contributed by atoms with Crippen molar-refractivity contribution in [3.63, 3.8) is 0 Å². The zero-order chi connectivity index (χ0) is 11.2.